The summed E-state index contributed by atoms with van der Waals surface area (Å²) in [6.07, 6.45) is 2.96. The molecule has 0 aromatic rings. The average molecular weight is 408 g/mol. The van der Waals surface area contributed by atoms with Crippen molar-refractivity contribution in [3.63, 3.8) is 0 Å². The zero-order valence-corrected chi connectivity index (χ0v) is 18.3. The number of piperazine rings is 1. The topological polar surface area (TPSA) is 93.8 Å². The number of carbonyl (C=O) groups is 3. The molecule has 3 heterocycles. The highest BCUT2D eigenvalue weighted by molar-refractivity contribution is 5.90. The van der Waals surface area contributed by atoms with Crippen LogP contribution in [0.4, 0.5) is 4.79 Å². The standard InChI is InChI=1S/C21H37N5O3/c1-14(2)11-16-18(27)26(10-7-22-16)17(12-15(3)4)19(28)25-8-5-21(6-9-25)13-23-20(29)24-21/h14-17,22H,5-13H2,1-4H3,(H2,23,24,29)/t16-,17-/m0/s1. The van der Waals surface area contributed by atoms with Crippen LogP contribution in [0.15, 0.2) is 0 Å². The number of nitrogens with one attached hydrogen (secondary N) is 3. The van der Waals surface area contributed by atoms with Gasteiger partial charge in [0.25, 0.3) is 0 Å². The van der Waals surface area contributed by atoms with Crippen LogP contribution < -0.4 is 16.0 Å². The smallest absolute Gasteiger partial charge is 0.315 e. The second-order valence-electron chi connectivity index (χ2n) is 9.73. The number of nitrogens with zero attached hydrogens (tertiary/aromatic N) is 2. The highest BCUT2D eigenvalue weighted by Gasteiger charge is 2.44. The van der Waals surface area contributed by atoms with E-state index in [1.807, 2.05) is 9.80 Å². The quantitative estimate of drug-likeness (QED) is 0.610. The lowest BCUT2D eigenvalue weighted by atomic mass is 9.88. The minimum atomic E-state index is -0.399. The van der Waals surface area contributed by atoms with Gasteiger partial charge < -0.3 is 25.8 Å². The predicted molar refractivity (Wildman–Crippen MR) is 111 cm³/mol. The molecule has 3 saturated heterocycles. The van der Waals surface area contributed by atoms with Crippen molar-refractivity contribution < 1.29 is 14.4 Å². The Kier molecular flexibility index (Phi) is 6.71. The minimum absolute atomic E-state index is 0.0596. The first-order valence-electron chi connectivity index (χ1n) is 11.1. The molecule has 0 saturated carbocycles. The second-order valence-corrected chi connectivity index (χ2v) is 9.73. The fraction of sp³-hybridized carbons (Fsp3) is 0.857. The first kappa shape index (κ1) is 21.9. The van der Waals surface area contributed by atoms with Crippen LogP contribution in [-0.2, 0) is 9.59 Å². The molecule has 3 fully saturated rings. The molecule has 0 bridgehead atoms. The van der Waals surface area contributed by atoms with Crippen LogP contribution in [0.25, 0.3) is 0 Å². The normalized spacial score (nSPS) is 25.5. The van der Waals surface area contributed by atoms with Gasteiger partial charge in [0, 0.05) is 32.7 Å². The van der Waals surface area contributed by atoms with Crippen molar-refractivity contribution in [1.82, 2.24) is 25.8 Å². The fourth-order valence-corrected chi connectivity index (χ4v) is 4.78. The molecule has 4 amide bonds. The van der Waals surface area contributed by atoms with E-state index in [1.54, 1.807) is 0 Å². The molecule has 8 heteroatoms. The summed E-state index contributed by atoms with van der Waals surface area (Å²) in [7, 11) is 0. The Morgan fingerprint density at radius 1 is 1.10 bits per heavy atom. The van der Waals surface area contributed by atoms with Gasteiger partial charge >= 0.3 is 6.03 Å². The lowest BCUT2D eigenvalue weighted by Crippen LogP contribution is -2.63. The molecular formula is C21H37N5O3. The van der Waals surface area contributed by atoms with Gasteiger partial charge in [0.05, 0.1) is 11.6 Å². The Morgan fingerprint density at radius 2 is 1.79 bits per heavy atom. The lowest BCUT2D eigenvalue weighted by Gasteiger charge is -2.43. The SMILES string of the molecule is CC(C)C[C@@H]1NCCN([C@@H](CC(C)C)C(=O)N2CCC3(CC2)CNC(=O)N3)C1=O. The molecule has 29 heavy (non-hydrogen) atoms. The molecule has 0 aliphatic carbocycles. The predicted octanol–water partition coefficient (Wildman–Crippen LogP) is 0.922. The van der Waals surface area contributed by atoms with E-state index in [9.17, 15) is 14.4 Å². The summed E-state index contributed by atoms with van der Waals surface area (Å²) in [5.74, 6) is 0.864. The van der Waals surface area contributed by atoms with Gasteiger partial charge in [0.2, 0.25) is 11.8 Å². The molecule has 3 N–H and O–H groups in total. The molecule has 3 rings (SSSR count). The highest BCUT2D eigenvalue weighted by Crippen LogP contribution is 2.27. The summed E-state index contributed by atoms with van der Waals surface area (Å²) in [5, 5.41) is 9.19. The first-order chi connectivity index (χ1) is 13.7. The summed E-state index contributed by atoms with van der Waals surface area (Å²) in [6.45, 7) is 11.6. The summed E-state index contributed by atoms with van der Waals surface area (Å²) in [4.78, 5) is 41.9. The number of piperidine rings is 1. The molecule has 3 aliphatic rings. The van der Waals surface area contributed by atoms with Crippen LogP contribution in [0.1, 0.15) is 53.4 Å². The Labute approximate surface area is 174 Å². The van der Waals surface area contributed by atoms with Gasteiger partial charge in [-0.2, -0.15) is 0 Å². The van der Waals surface area contributed by atoms with E-state index in [1.165, 1.54) is 0 Å². The van der Waals surface area contributed by atoms with E-state index < -0.39 is 6.04 Å². The molecule has 8 nitrogen and oxygen atoms in total. The average Bonchev–Trinajstić information content (AvgIpc) is 3.01. The number of hydrogen-bond acceptors (Lipinski definition) is 4. The van der Waals surface area contributed by atoms with E-state index in [4.69, 9.17) is 0 Å². The molecule has 164 valence electrons. The zero-order valence-electron chi connectivity index (χ0n) is 18.3. The van der Waals surface area contributed by atoms with Crippen molar-refractivity contribution in [1.29, 1.82) is 0 Å². The van der Waals surface area contributed by atoms with E-state index in [0.29, 0.717) is 44.4 Å². The number of amides is 4. The highest BCUT2D eigenvalue weighted by atomic mass is 16.2. The van der Waals surface area contributed by atoms with Gasteiger partial charge in [-0.15, -0.1) is 0 Å². The molecule has 0 radical (unpaired) electrons. The van der Waals surface area contributed by atoms with Gasteiger partial charge in [-0.25, -0.2) is 4.79 Å². The fourth-order valence-electron chi connectivity index (χ4n) is 4.78. The van der Waals surface area contributed by atoms with Crippen molar-refractivity contribution in [2.75, 3.05) is 32.7 Å². The van der Waals surface area contributed by atoms with Crippen molar-refractivity contribution in [2.24, 2.45) is 11.8 Å². The van der Waals surface area contributed by atoms with Crippen LogP contribution in [0, 0.1) is 11.8 Å². The van der Waals surface area contributed by atoms with Crippen LogP contribution in [0.2, 0.25) is 0 Å². The van der Waals surface area contributed by atoms with Gasteiger partial charge in [-0.1, -0.05) is 27.7 Å². The molecule has 2 atom stereocenters. The first-order valence-corrected chi connectivity index (χ1v) is 11.1. The van der Waals surface area contributed by atoms with E-state index in [-0.39, 0.29) is 29.4 Å². The monoisotopic (exact) mass is 407 g/mol. The summed E-state index contributed by atoms with van der Waals surface area (Å²) < 4.78 is 0. The number of carbonyl (C=O) groups excluding carboxylic acids is 3. The summed E-state index contributed by atoms with van der Waals surface area (Å²) in [5.41, 5.74) is -0.228. The Morgan fingerprint density at radius 3 is 2.34 bits per heavy atom. The third kappa shape index (κ3) is 5.02. The number of hydrogen-bond donors (Lipinski definition) is 3. The zero-order chi connectivity index (χ0) is 21.2. The summed E-state index contributed by atoms with van der Waals surface area (Å²) >= 11 is 0. The van der Waals surface area contributed by atoms with Crippen molar-refractivity contribution in [3.8, 4) is 0 Å². The van der Waals surface area contributed by atoms with Crippen LogP contribution in [0.5, 0.6) is 0 Å². The maximum atomic E-state index is 13.5. The van der Waals surface area contributed by atoms with Crippen LogP contribution in [0.3, 0.4) is 0 Å². The van der Waals surface area contributed by atoms with E-state index in [2.05, 4.69) is 43.6 Å². The largest absolute Gasteiger partial charge is 0.341 e. The number of rotatable bonds is 6. The third-order valence-corrected chi connectivity index (χ3v) is 6.39. The van der Waals surface area contributed by atoms with Crippen LogP contribution >= 0.6 is 0 Å². The summed E-state index contributed by atoms with van der Waals surface area (Å²) in [6, 6.07) is -0.717. The van der Waals surface area contributed by atoms with Crippen molar-refractivity contribution >= 4 is 17.8 Å². The van der Waals surface area contributed by atoms with E-state index in [0.717, 1.165) is 25.8 Å². The van der Waals surface area contributed by atoms with Crippen molar-refractivity contribution in [2.45, 2.75) is 71.0 Å². The van der Waals surface area contributed by atoms with Crippen LogP contribution in [-0.4, -0.2) is 78.0 Å². The van der Waals surface area contributed by atoms with Crippen molar-refractivity contribution in [3.05, 3.63) is 0 Å². The molecule has 0 unspecified atom stereocenters. The van der Waals surface area contributed by atoms with Gasteiger partial charge in [-0.05, 0) is 37.5 Å². The second kappa shape index (κ2) is 8.90. The van der Waals surface area contributed by atoms with E-state index >= 15 is 0 Å². The molecule has 0 aromatic heterocycles. The molecular weight excluding hydrogens is 370 g/mol. The Hall–Kier alpha value is -1.83. The van der Waals surface area contributed by atoms with Gasteiger partial charge in [0.15, 0.2) is 0 Å². The molecule has 1 spiro atoms. The maximum absolute atomic E-state index is 13.5. The lowest BCUT2D eigenvalue weighted by molar-refractivity contribution is -0.150. The molecule has 0 aromatic carbocycles. The van der Waals surface area contributed by atoms with Gasteiger partial charge in [-0.3, -0.25) is 9.59 Å². The van der Waals surface area contributed by atoms with Gasteiger partial charge in [0.1, 0.15) is 6.04 Å². The third-order valence-electron chi connectivity index (χ3n) is 6.39. The Bertz CT molecular complexity index is 628. The maximum Gasteiger partial charge on any atom is 0.315 e. The Balaban J connectivity index is 1.69. The molecule has 3 aliphatic heterocycles. The number of urea groups is 1. The minimum Gasteiger partial charge on any atom is -0.341 e. The number of likely N-dealkylation sites (tertiary alicyclic amines) is 1.